The van der Waals surface area contributed by atoms with Crippen LogP contribution in [0.25, 0.3) is 6.08 Å². The van der Waals surface area contributed by atoms with Gasteiger partial charge in [-0.05, 0) is 50.1 Å². The molecule has 5 heteroatoms. The summed E-state index contributed by atoms with van der Waals surface area (Å²) in [7, 11) is 0. The van der Waals surface area contributed by atoms with Gasteiger partial charge >= 0.3 is 0 Å². The molecule has 2 rings (SSSR count). The summed E-state index contributed by atoms with van der Waals surface area (Å²) in [4.78, 5) is 26.2. The second-order valence-corrected chi connectivity index (χ2v) is 5.90. The standard InChI is InChI=1S/C20H24N2O3/c1-4-13-22(20(24)12-11-17-10-9-16(3)25-17)14-19(23)21-18-8-6-5-7-15(18)2/h5-12H,4,13-14H2,1-3H3,(H,21,23). The summed E-state index contributed by atoms with van der Waals surface area (Å²) in [5.41, 5.74) is 1.75. The molecule has 1 aromatic carbocycles. The average molecular weight is 340 g/mol. The fourth-order valence-corrected chi connectivity index (χ4v) is 2.42. The maximum absolute atomic E-state index is 12.4. The third kappa shape index (κ3) is 5.64. The maximum Gasteiger partial charge on any atom is 0.247 e. The molecule has 0 radical (unpaired) electrons. The SMILES string of the molecule is CCCN(CC(=O)Nc1ccccc1C)C(=O)C=Cc1ccc(C)o1. The summed E-state index contributed by atoms with van der Waals surface area (Å²) in [6, 6.07) is 11.2. The van der Waals surface area contributed by atoms with Crippen molar-refractivity contribution in [2.45, 2.75) is 27.2 Å². The number of hydrogen-bond donors (Lipinski definition) is 1. The van der Waals surface area contributed by atoms with E-state index in [1.165, 1.54) is 11.0 Å². The van der Waals surface area contributed by atoms with E-state index in [0.717, 1.165) is 23.4 Å². The third-order valence-electron chi connectivity index (χ3n) is 3.71. The number of hydrogen-bond acceptors (Lipinski definition) is 3. The molecule has 5 nitrogen and oxygen atoms in total. The van der Waals surface area contributed by atoms with Gasteiger partial charge in [0.2, 0.25) is 11.8 Å². The highest BCUT2D eigenvalue weighted by molar-refractivity contribution is 5.98. The van der Waals surface area contributed by atoms with Crippen molar-refractivity contribution in [3.8, 4) is 0 Å². The van der Waals surface area contributed by atoms with E-state index in [-0.39, 0.29) is 18.4 Å². The topological polar surface area (TPSA) is 62.6 Å². The first-order valence-electron chi connectivity index (χ1n) is 8.38. The highest BCUT2D eigenvalue weighted by Gasteiger charge is 2.15. The fourth-order valence-electron chi connectivity index (χ4n) is 2.42. The molecule has 0 saturated heterocycles. The molecule has 1 aromatic heterocycles. The first kappa shape index (κ1) is 18.5. The van der Waals surface area contributed by atoms with E-state index in [0.29, 0.717) is 12.3 Å². The molecule has 1 heterocycles. The zero-order valence-corrected chi connectivity index (χ0v) is 14.9. The predicted molar refractivity (Wildman–Crippen MR) is 99.2 cm³/mol. The van der Waals surface area contributed by atoms with Crippen molar-refractivity contribution in [2.24, 2.45) is 0 Å². The van der Waals surface area contributed by atoms with E-state index < -0.39 is 0 Å². The third-order valence-corrected chi connectivity index (χ3v) is 3.71. The number of aryl methyl sites for hydroxylation is 2. The number of anilines is 1. The van der Waals surface area contributed by atoms with Crippen LogP contribution in [-0.4, -0.2) is 29.8 Å². The molecule has 25 heavy (non-hydrogen) atoms. The van der Waals surface area contributed by atoms with E-state index in [9.17, 15) is 9.59 Å². The summed E-state index contributed by atoms with van der Waals surface area (Å²) in [5.74, 6) is 0.982. The minimum atomic E-state index is -0.212. The van der Waals surface area contributed by atoms with Gasteiger partial charge in [0.15, 0.2) is 0 Å². The number of carbonyl (C=O) groups excluding carboxylic acids is 2. The van der Waals surface area contributed by atoms with Crippen LogP contribution >= 0.6 is 0 Å². The number of amides is 2. The molecule has 2 aromatic rings. The Bertz CT molecular complexity index is 762. The Balaban J connectivity index is 1.99. The minimum absolute atomic E-state index is 0.0164. The molecular weight excluding hydrogens is 316 g/mol. The van der Waals surface area contributed by atoms with Crippen molar-refractivity contribution in [1.82, 2.24) is 4.90 Å². The number of carbonyl (C=O) groups is 2. The van der Waals surface area contributed by atoms with Crippen LogP contribution in [0.5, 0.6) is 0 Å². The van der Waals surface area contributed by atoms with Crippen molar-refractivity contribution < 1.29 is 14.0 Å². The highest BCUT2D eigenvalue weighted by Crippen LogP contribution is 2.13. The second-order valence-electron chi connectivity index (χ2n) is 5.90. The molecule has 0 spiro atoms. The zero-order chi connectivity index (χ0) is 18.2. The van der Waals surface area contributed by atoms with Crippen LogP contribution in [0.3, 0.4) is 0 Å². The Kier molecular flexibility index (Phi) is 6.57. The fraction of sp³-hybridized carbons (Fsp3) is 0.300. The van der Waals surface area contributed by atoms with Crippen molar-refractivity contribution in [3.05, 3.63) is 59.6 Å². The molecule has 0 unspecified atom stereocenters. The average Bonchev–Trinajstić information content (AvgIpc) is 3.00. The largest absolute Gasteiger partial charge is 0.462 e. The number of para-hydroxylation sites is 1. The Morgan fingerprint density at radius 3 is 2.56 bits per heavy atom. The minimum Gasteiger partial charge on any atom is -0.462 e. The maximum atomic E-state index is 12.4. The molecular formula is C20H24N2O3. The highest BCUT2D eigenvalue weighted by atomic mass is 16.3. The summed E-state index contributed by atoms with van der Waals surface area (Å²) < 4.78 is 5.41. The molecule has 0 aliphatic carbocycles. The normalized spacial score (nSPS) is 10.8. The smallest absolute Gasteiger partial charge is 0.247 e. The second kappa shape index (κ2) is 8.87. The van der Waals surface area contributed by atoms with E-state index in [1.807, 2.05) is 51.1 Å². The summed E-state index contributed by atoms with van der Waals surface area (Å²) in [6.45, 7) is 6.28. The van der Waals surface area contributed by atoms with E-state index in [1.54, 1.807) is 12.1 Å². The molecule has 0 aliphatic rings. The van der Waals surface area contributed by atoms with Crippen LogP contribution in [0.1, 0.15) is 30.4 Å². The van der Waals surface area contributed by atoms with Gasteiger partial charge in [-0.25, -0.2) is 0 Å². The Hall–Kier alpha value is -2.82. The Labute approximate surface area is 148 Å². The van der Waals surface area contributed by atoms with Gasteiger partial charge < -0.3 is 14.6 Å². The van der Waals surface area contributed by atoms with Crippen molar-refractivity contribution in [2.75, 3.05) is 18.4 Å². The van der Waals surface area contributed by atoms with Crippen LogP contribution in [0, 0.1) is 13.8 Å². The summed E-state index contributed by atoms with van der Waals surface area (Å²) in [5, 5.41) is 2.86. The molecule has 0 fully saturated rings. The lowest BCUT2D eigenvalue weighted by Gasteiger charge is -2.20. The van der Waals surface area contributed by atoms with Gasteiger partial charge in [-0.1, -0.05) is 25.1 Å². The number of rotatable bonds is 7. The molecule has 2 amide bonds. The Morgan fingerprint density at radius 1 is 1.16 bits per heavy atom. The molecule has 1 N–H and O–H groups in total. The summed E-state index contributed by atoms with van der Waals surface area (Å²) >= 11 is 0. The number of benzene rings is 1. The molecule has 0 saturated carbocycles. The zero-order valence-electron chi connectivity index (χ0n) is 14.9. The van der Waals surface area contributed by atoms with Gasteiger partial charge in [0, 0.05) is 18.3 Å². The monoisotopic (exact) mass is 340 g/mol. The predicted octanol–water partition coefficient (Wildman–Crippen LogP) is 3.79. The van der Waals surface area contributed by atoms with Gasteiger partial charge in [0.1, 0.15) is 18.1 Å². The molecule has 0 aliphatic heterocycles. The van der Waals surface area contributed by atoms with Crippen LogP contribution < -0.4 is 5.32 Å². The van der Waals surface area contributed by atoms with Crippen molar-refractivity contribution in [3.63, 3.8) is 0 Å². The van der Waals surface area contributed by atoms with Crippen LogP contribution in [-0.2, 0) is 9.59 Å². The van der Waals surface area contributed by atoms with Crippen LogP contribution in [0.15, 0.2) is 46.9 Å². The number of nitrogens with zero attached hydrogens (tertiary/aromatic N) is 1. The van der Waals surface area contributed by atoms with Gasteiger partial charge in [0.05, 0.1) is 0 Å². The lowest BCUT2D eigenvalue weighted by atomic mass is 10.2. The van der Waals surface area contributed by atoms with E-state index in [2.05, 4.69) is 5.32 Å². The quantitative estimate of drug-likeness (QED) is 0.780. The Morgan fingerprint density at radius 2 is 1.92 bits per heavy atom. The van der Waals surface area contributed by atoms with E-state index in [4.69, 9.17) is 4.42 Å². The van der Waals surface area contributed by atoms with Crippen molar-refractivity contribution >= 4 is 23.6 Å². The van der Waals surface area contributed by atoms with Gasteiger partial charge in [-0.2, -0.15) is 0 Å². The number of furan rings is 1. The molecule has 0 atom stereocenters. The first-order valence-corrected chi connectivity index (χ1v) is 8.38. The number of nitrogens with one attached hydrogen (secondary N) is 1. The van der Waals surface area contributed by atoms with E-state index >= 15 is 0 Å². The first-order chi connectivity index (χ1) is 12.0. The summed E-state index contributed by atoms with van der Waals surface area (Å²) in [6.07, 6.45) is 3.84. The lowest BCUT2D eigenvalue weighted by Crippen LogP contribution is -2.37. The molecule has 132 valence electrons. The molecule has 0 bridgehead atoms. The van der Waals surface area contributed by atoms with Crippen LogP contribution in [0.2, 0.25) is 0 Å². The lowest BCUT2D eigenvalue weighted by molar-refractivity contribution is -0.130. The van der Waals surface area contributed by atoms with Gasteiger partial charge in [-0.15, -0.1) is 0 Å². The van der Waals surface area contributed by atoms with Crippen molar-refractivity contribution in [1.29, 1.82) is 0 Å². The van der Waals surface area contributed by atoms with Gasteiger partial charge in [-0.3, -0.25) is 9.59 Å². The van der Waals surface area contributed by atoms with Crippen LogP contribution in [0.4, 0.5) is 5.69 Å². The van der Waals surface area contributed by atoms with Gasteiger partial charge in [0.25, 0.3) is 0 Å².